The summed E-state index contributed by atoms with van der Waals surface area (Å²) in [5, 5.41) is 0. The van der Waals surface area contributed by atoms with Crippen molar-refractivity contribution in [2.45, 2.75) is 31.0 Å². The van der Waals surface area contributed by atoms with Crippen molar-refractivity contribution >= 4 is 29.5 Å². The molecular formula is C6H10ClNOS. The van der Waals surface area contributed by atoms with Crippen molar-refractivity contribution in [1.29, 1.82) is 0 Å². The van der Waals surface area contributed by atoms with Gasteiger partial charge in [-0.25, -0.2) is 0 Å². The lowest BCUT2D eigenvalue weighted by Crippen LogP contribution is -2.25. The number of carbonyl (C=O) groups excluding carboxylic acids is 1. The topological polar surface area (TPSA) is 20.3 Å². The maximum Gasteiger partial charge on any atom is 0.235 e. The highest BCUT2D eigenvalue weighted by Crippen LogP contribution is 2.33. The first-order valence-corrected chi connectivity index (χ1v) is 4.51. The number of hydrogen-bond donors (Lipinski definition) is 0. The van der Waals surface area contributed by atoms with Crippen molar-refractivity contribution < 1.29 is 4.79 Å². The van der Waals surface area contributed by atoms with Gasteiger partial charge in [0.1, 0.15) is 4.71 Å². The Bertz CT molecular complexity index is 151. The molecule has 0 aliphatic carbocycles. The van der Waals surface area contributed by atoms with Crippen molar-refractivity contribution in [2.24, 2.45) is 0 Å². The summed E-state index contributed by atoms with van der Waals surface area (Å²) in [6.07, 6.45) is 0.477. The first-order chi connectivity index (χ1) is 4.61. The van der Waals surface area contributed by atoms with Gasteiger partial charge in [-0.1, -0.05) is 0 Å². The minimum absolute atomic E-state index is 0.0464. The molecule has 0 aromatic heterocycles. The number of rotatable bonds is 1. The Morgan fingerprint density at radius 2 is 2.40 bits per heavy atom. The van der Waals surface area contributed by atoms with Gasteiger partial charge >= 0.3 is 0 Å². The van der Waals surface area contributed by atoms with Crippen LogP contribution < -0.4 is 0 Å². The molecule has 4 heteroatoms. The predicted molar refractivity (Wildman–Crippen MR) is 43.8 cm³/mol. The van der Waals surface area contributed by atoms with Crippen molar-refractivity contribution in [3.8, 4) is 0 Å². The number of alkyl halides is 1. The molecule has 0 N–H and O–H groups in total. The summed E-state index contributed by atoms with van der Waals surface area (Å²) in [6.45, 7) is 3.97. The van der Waals surface area contributed by atoms with Gasteiger partial charge in [0.05, 0.1) is 6.42 Å². The highest BCUT2D eigenvalue weighted by Gasteiger charge is 2.30. The number of hydrogen-bond acceptors (Lipinski definition) is 2. The van der Waals surface area contributed by atoms with Gasteiger partial charge in [-0.05, 0) is 25.8 Å². The van der Waals surface area contributed by atoms with E-state index in [2.05, 4.69) is 0 Å². The van der Waals surface area contributed by atoms with Gasteiger partial charge in [-0.3, -0.25) is 9.10 Å². The van der Waals surface area contributed by atoms with E-state index in [0.717, 1.165) is 0 Å². The van der Waals surface area contributed by atoms with E-state index in [-0.39, 0.29) is 16.7 Å². The standard InChI is InChI=1S/C6H10ClNOS/c1-4(2)8-6(9)3-5(7)10-8/h4-5H,3H2,1-2H3. The normalized spacial score (nSPS) is 26.6. The van der Waals surface area contributed by atoms with Crippen LogP contribution in [0.3, 0.4) is 0 Å². The molecule has 1 amide bonds. The van der Waals surface area contributed by atoms with Crippen LogP contribution in [0, 0.1) is 0 Å². The molecule has 0 bridgehead atoms. The van der Waals surface area contributed by atoms with Crippen molar-refractivity contribution in [3.05, 3.63) is 0 Å². The Balaban J connectivity index is 2.55. The lowest BCUT2D eigenvalue weighted by atomic mass is 10.3. The lowest BCUT2D eigenvalue weighted by Gasteiger charge is -2.17. The van der Waals surface area contributed by atoms with Crippen LogP contribution in [0.25, 0.3) is 0 Å². The number of nitrogens with zero attached hydrogens (tertiary/aromatic N) is 1. The molecule has 1 fully saturated rings. The second-order valence-corrected chi connectivity index (χ2v) is 4.49. The summed E-state index contributed by atoms with van der Waals surface area (Å²) in [7, 11) is 0. The maximum atomic E-state index is 11.0. The second-order valence-electron chi connectivity index (χ2n) is 2.53. The van der Waals surface area contributed by atoms with Gasteiger partial charge in [0.15, 0.2) is 0 Å². The molecule has 58 valence electrons. The average molecular weight is 180 g/mol. The Kier molecular flexibility index (Phi) is 2.47. The van der Waals surface area contributed by atoms with Crippen LogP contribution in [-0.2, 0) is 4.79 Å². The Morgan fingerprint density at radius 1 is 1.80 bits per heavy atom. The highest BCUT2D eigenvalue weighted by molar-refractivity contribution is 7.99. The van der Waals surface area contributed by atoms with Gasteiger partial charge in [0.2, 0.25) is 5.91 Å². The van der Waals surface area contributed by atoms with Crippen molar-refractivity contribution in [2.75, 3.05) is 0 Å². The zero-order valence-electron chi connectivity index (χ0n) is 6.00. The van der Waals surface area contributed by atoms with Gasteiger partial charge in [0, 0.05) is 6.04 Å². The van der Waals surface area contributed by atoms with E-state index >= 15 is 0 Å². The van der Waals surface area contributed by atoms with Crippen LogP contribution in [0.5, 0.6) is 0 Å². The van der Waals surface area contributed by atoms with Crippen LogP contribution in [0.1, 0.15) is 20.3 Å². The van der Waals surface area contributed by atoms with Crippen LogP contribution >= 0.6 is 23.5 Å². The molecule has 1 aliphatic rings. The number of carbonyl (C=O) groups is 1. The number of amides is 1. The SMILES string of the molecule is CC(C)N1SC(Cl)CC1=O. The zero-order valence-corrected chi connectivity index (χ0v) is 7.58. The first-order valence-electron chi connectivity index (χ1n) is 3.24. The van der Waals surface area contributed by atoms with Crippen LogP contribution in [-0.4, -0.2) is 21.0 Å². The summed E-state index contributed by atoms with van der Waals surface area (Å²) in [6, 6.07) is 0.265. The first kappa shape index (κ1) is 8.21. The Hall–Kier alpha value is 0.110. The third-order valence-electron chi connectivity index (χ3n) is 1.28. The second kappa shape index (κ2) is 3.01. The molecule has 0 radical (unpaired) electrons. The average Bonchev–Trinajstić information content (AvgIpc) is 2.10. The molecule has 0 spiro atoms. The van der Waals surface area contributed by atoms with E-state index in [4.69, 9.17) is 11.6 Å². The molecule has 1 aliphatic heterocycles. The fraction of sp³-hybridized carbons (Fsp3) is 0.833. The molecule has 0 aromatic rings. The third kappa shape index (κ3) is 1.58. The van der Waals surface area contributed by atoms with Crippen LogP contribution in [0.15, 0.2) is 0 Å². The molecule has 1 saturated heterocycles. The molecule has 0 aromatic carbocycles. The predicted octanol–water partition coefficient (Wildman–Crippen LogP) is 1.84. The van der Waals surface area contributed by atoms with E-state index in [9.17, 15) is 4.79 Å². The zero-order chi connectivity index (χ0) is 7.72. The molecule has 2 nitrogen and oxygen atoms in total. The summed E-state index contributed by atoms with van der Waals surface area (Å²) >= 11 is 7.18. The Morgan fingerprint density at radius 3 is 2.60 bits per heavy atom. The lowest BCUT2D eigenvalue weighted by molar-refractivity contribution is -0.125. The summed E-state index contributed by atoms with van der Waals surface area (Å²) in [4.78, 5) is 11.0. The van der Waals surface area contributed by atoms with Crippen molar-refractivity contribution in [3.63, 3.8) is 0 Å². The maximum absolute atomic E-state index is 11.0. The largest absolute Gasteiger partial charge is 0.283 e. The van der Waals surface area contributed by atoms with Gasteiger partial charge in [0.25, 0.3) is 0 Å². The molecule has 1 unspecified atom stereocenters. The minimum atomic E-state index is -0.0464. The summed E-state index contributed by atoms with van der Waals surface area (Å²) in [5.41, 5.74) is 0. The van der Waals surface area contributed by atoms with Crippen LogP contribution in [0.4, 0.5) is 0 Å². The van der Waals surface area contributed by atoms with Gasteiger partial charge in [-0.2, -0.15) is 0 Å². The minimum Gasteiger partial charge on any atom is -0.283 e. The Labute approximate surface area is 70.0 Å². The van der Waals surface area contributed by atoms with Crippen molar-refractivity contribution in [1.82, 2.24) is 4.31 Å². The van der Waals surface area contributed by atoms with Gasteiger partial charge < -0.3 is 0 Å². The molecule has 1 rings (SSSR count). The fourth-order valence-electron chi connectivity index (χ4n) is 0.856. The fourth-order valence-corrected chi connectivity index (χ4v) is 2.14. The summed E-state index contributed by atoms with van der Waals surface area (Å²) in [5.74, 6) is 0.153. The molecule has 0 saturated carbocycles. The molecule has 10 heavy (non-hydrogen) atoms. The molecule has 1 heterocycles. The van der Waals surface area contributed by atoms with E-state index in [1.54, 1.807) is 4.31 Å². The summed E-state index contributed by atoms with van der Waals surface area (Å²) < 4.78 is 1.69. The quantitative estimate of drug-likeness (QED) is 0.452. The molecule has 1 atom stereocenters. The van der Waals surface area contributed by atoms with E-state index in [0.29, 0.717) is 6.42 Å². The van der Waals surface area contributed by atoms with Gasteiger partial charge in [-0.15, -0.1) is 11.6 Å². The van der Waals surface area contributed by atoms with Crippen LogP contribution in [0.2, 0.25) is 0 Å². The van der Waals surface area contributed by atoms with E-state index < -0.39 is 0 Å². The third-order valence-corrected chi connectivity index (χ3v) is 2.92. The molecular weight excluding hydrogens is 170 g/mol. The highest BCUT2D eigenvalue weighted by atomic mass is 35.5. The number of halogens is 1. The monoisotopic (exact) mass is 179 g/mol. The van der Waals surface area contributed by atoms with E-state index in [1.165, 1.54) is 11.9 Å². The van der Waals surface area contributed by atoms with E-state index in [1.807, 2.05) is 13.8 Å². The smallest absolute Gasteiger partial charge is 0.235 e.